The molecule has 0 heterocycles. The van der Waals surface area contributed by atoms with Gasteiger partial charge in [0.15, 0.2) is 8.87 Å². The summed E-state index contributed by atoms with van der Waals surface area (Å²) in [6.07, 6.45) is 3.18. The van der Waals surface area contributed by atoms with E-state index >= 15 is 0 Å². The summed E-state index contributed by atoms with van der Waals surface area (Å²) < 4.78 is 29.5. The summed E-state index contributed by atoms with van der Waals surface area (Å²) in [4.78, 5) is 0. The van der Waals surface area contributed by atoms with E-state index in [0.717, 1.165) is 16.4 Å². The summed E-state index contributed by atoms with van der Waals surface area (Å²) in [5.41, 5.74) is 1.05. The maximum Gasteiger partial charge on any atom is 0.261 e. The van der Waals surface area contributed by atoms with Gasteiger partial charge in [-0.15, -0.1) is 0 Å². The third kappa shape index (κ3) is 5.83. The predicted octanol–water partition coefficient (Wildman–Crippen LogP) is 4.20. The van der Waals surface area contributed by atoms with Crippen LogP contribution < -0.4 is 10.4 Å². The zero-order chi connectivity index (χ0) is 20.8. The van der Waals surface area contributed by atoms with E-state index in [0.29, 0.717) is 12.4 Å². The van der Waals surface area contributed by atoms with Crippen molar-refractivity contribution in [1.82, 2.24) is 0 Å². The monoisotopic (exact) mass is 434 g/mol. The van der Waals surface area contributed by atoms with Crippen LogP contribution in [0.2, 0.25) is 5.04 Å². The average molecular weight is 435 g/mol. The van der Waals surface area contributed by atoms with Gasteiger partial charge in [-0.2, -0.15) is 0 Å². The summed E-state index contributed by atoms with van der Waals surface area (Å²) in [6, 6.07) is 21.0. The van der Waals surface area contributed by atoms with Gasteiger partial charge in [-0.3, -0.25) is 0 Å². The molecule has 0 aromatic heterocycles. The van der Waals surface area contributed by atoms with Crippen LogP contribution in [0.5, 0.6) is 0 Å². The Morgan fingerprint density at radius 3 is 1.86 bits per heavy atom. The molecule has 3 nitrogen and oxygen atoms in total. The molecule has 0 spiro atoms. The molecule has 0 unspecified atom stereocenters. The van der Waals surface area contributed by atoms with E-state index in [1.54, 1.807) is 0 Å². The molecule has 152 valence electrons. The largest absolute Gasteiger partial charge is 0.403 e. The highest BCUT2D eigenvalue weighted by atomic mass is 33.1. The highest BCUT2D eigenvalue weighted by molar-refractivity contribution is 8.71. The molecule has 0 bridgehead atoms. The van der Waals surface area contributed by atoms with Gasteiger partial charge in [-0.1, -0.05) is 93.1 Å². The summed E-state index contributed by atoms with van der Waals surface area (Å²) in [5.74, 6) is 0.439. The lowest BCUT2D eigenvalue weighted by Crippen LogP contribution is -2.66. The molecule has 0 radical (unpaired) electrons. The van der Waals surface area contributed by atoms with Crippen molar-refractivity contribution in [3.05, 3.63) is 72.3 Å². The minimum absolute atomic E-state index is 0.0719. The molecule has 2 aromatic rings. The molecular weight excluding hydrogens is 404 g/mol. The third-order valence-electron chi connectivity index (χ3n) is 4.65. The van der Waals surface area contributed by atoms with Gasteiger partial charge in [-0.05, 0) is 33.1 Å². The average Bonchev–Trinajstić information content (AvgIpc) is 2.62. The van der Waals surface area contributed by atoms with Crippen LogP contribution in [-0.2, 0) is 13.3 Å². The van der Waals surface area contributed by atoms with Crippen LogP contribution in [0.1, 0.15) is 27.7 Å². The minimum atomic E-state index is -3.03. The zero-order valence-corrected chi connectivity index (χ0v) is 19.9. The second-order valence-electron chi connectivity index (χ2n) is 7.99. The van der Waals surface area contributed by atoms with Gasteiger partial charge < -0.3 is 4.43 Å². The van der Waals surface area contributed by atoms with Crippen molar-refractivity contribution in [2.24, 2.45) is 0 Å². The third-order valence-corrected chi connectivity index (χ3v) is 12.1. The molecule has 0 aliphatic rings. The van der Waals surface area contributed by atoms with Gasteiger partial charge in [0.25, 0.3) is 8.32 Å². The molecule has 2 rings (SSSR count). The minimum Gasteiger partial charge on any atom is -0.403 e. The highest BCUT2D eigenvalue weighted by Crippen LogP contribution is 2.37. The Morgan fingerprint density at radius 2 is 1.46 bits per heavy atom. The molecule has 0 saturated heterocycles. The van der Waals surface area contributed by atoms with Gasteiger partial charge in [0.2, 0.25) is 0 Å². The first-order valence-electron chi connectivity index (χ1n) is 9.31. The van der Waals surface area contributed by atoms with Crippen molar-refractivity contribution in [2.45, 2.75) is 32.7 Å². The molecular formula is C22H30O3S2Si. The number of rotatable bonds is 8. The van der Waals surface area contributed by atoms with E-state index in [1.165, 1.54) is 16.6 Å². The Morgan fingerprint density at radius 1 is 1.00 bits per heavy atom. The zero-order valence-electron chi connectivity index (χ0n) is 17.3. The number of benzene rings is 2. The van der Waals surface area contributed by atoms with Crippen LogP contribution in [0.15, 0.2) is 72.3 Å². The lowest BCUT2D eigenvalue weighted by Gasteiger charge is -2.43. The fraction of sp³-hybridized carbons (Fsp3) is 0.364. The molecule has 0 amide bonds. The van der Waals surface area contributed by atoms with E-state index in [9.17, 15) is 8.42 Å². The number of hydrogen-bond acceptors (Lipinski definition) is 4. The van der Waals surface area contributed by atoms with E-state index in [4.69, 9.17) is 4.43 Å². The molecule has 28 heavy (non-hydrogen) atoms. The topological polar surface area (TPSA) is 43.4 Å². The van der Waals surface area contributed by atoms with Gasteiger partial charge in [0, 0.05) is 12.0 Å². The Labute approximate surface area is 174 Å². The van der Waals surface area contributed by atoms with Crippen molar-refractivity contribution in [3.63, 3.8) is 0 Å². The van der Waals surface area contributed by atoms with Crippen molar-refractivity contribution in [2.75, 3.05) is 18.6 Å². The van der Waals surface area contributed by atoms with E-state index in [1.807, 2.05) is 25.1 Å². The Balaban J connectivity index is 2.40. The van der Waals surface area contributed by atoms with Gasteiger partial charge in [-0.25, -0.2) is 8.42 Å². The summed E-state index contributed by atoms with van der Waals surface area (Å²) in [7, 11) is -4.64. The number of hydrogen-bond donors (Lipinski definition) is 0. The van der Waals surface area contributed by atoms with Crippen molar-refractivity contribution >= 4 is 38.4 Å². The Bertz CT molecular complexity index is 847. The van der Waals surface area contributed by atoms with Crippen LogP contribution >= 0.6 is 10.8 Å². The van der Waals surface area contributed by atoms with Gasteiger partial charge in [0.1, 0.15) is 0 Å². The van der Waals surface area contributed by atoms with Gasteiger partial charge >= 0.3 is 0 Å². The fourth-order valence-electron chi connectivity index (χ4n) is 3.34. The first-order valence-corrected chi connectivity index (χ1v) is 14.6. The first-order chi connectivity index (χ1) is 13.1. The summed E-state index contributed by atoms with van der Waals surface area (Å²) in [6.45, 7) is 9.23. The summed E-state index contributed by atoms with van der Waals surface area (Å²) in [5, 5.41) is 2.41. The highest BCUT2D eigenvalue weighted by Gasteiger charge is 2.50. The lowest BCUT2D eigenvalue weighted by molar-refractivity contribution is 0.329. The van der Waals surface area contributed by atoms with Crippen LogP contribution in [0.25, 0.3) is 0 Å². The van der Waals surface area contributed by atoms with Crippen molar-refractivity contribution in [1.29, 1.82) is 0 Å². The Kier molecular flexibility index (Phi) is 7.73. The second kappa shape index (κ2) is 9.44. The van der Waals surface area contributed by atoms with Gasteiger partial charge in [0.05, 0.1) is 6.61 Å². The fourth-order valence-corrected chi connectivity index (χ4v) is 9.49. The normalized spacial score (nSPS) is 13.5. The van der Waals surface area contributed by atoms with Crippen LogP contribution in [0.3, 0.4) is 0 Å². The van der Waals surface area contributed by atoms with Crippen LogP contribution in [-0.4, -0.2) is 35.4 Å². The quantitative estimate of drug-likeness (QED) is 0.355. The van der Waals surface area contributed by atoms with Crippen molar-refractivity contribution in [3.8, 4) is 0 Å². The lowest BCUT2D eigenvalue weighted by atomic mass is 10.2. The standard InChI is InChI=1S/C22H30O3S2Si/c1-19(16-17-26-27(5,23)24)18-25-28(22(2,3)4,20-12-8-6-9-13-20)21-14-10-7-11-15-21/h6-16H,17-18H2,1-5H3/b19-16+. The molecule has 6 heteroatoms. The van der Waals surface area contributed by atoms with Crippen LogP contribution in [0.4, 0.5) is 0 Å². The van der Waals surface area contributed by atoms with Crippen molar-refractivity contribution < 1.29 is 12.8 Å². The maximum atomic E-state index is 11.3. The molecule has 0 fully saturated rings. The molecule has 0 aliphatic heterocycles. The predicted molar refractivity (Wildman–Crippen MR) is 125 cm³/mol. The van der Waals surface area contributed by atoms with E-state index < -0.39 is 17.2 Å². The van der Waals surface area contributed by atoms with Crippen LogP contribution in [0, 0.1) is 0 Å². The Hall–Kier alpha value is -1.34. The molecule has 0 N–H and O–H groups in total. The van der Waals surface area contributed by atoms with E-state index in [-0.39, 0.29) is 5.04 Å². The molecule has 0 atom stereocenters. The molecule has 2 aromatic carbocycles. The smallest absolute Gasteiger partial charge is 0.261 e. The van der Waals surface area contributed by atoms with E-state index in [2.05, 4.69) is 69.3 Å². The maximum absolute atomic E-state index is 11.3. The molecule has 0 saturated carbocycles. The first kappa shape index (κ1) is 22.9. The SMILES string of the molecule is C/C(=C\CSS(C)(=O)=O)CO[Si](c1ccccc1)(c1ccccc1)C(C)(C)C. The molecule has 0 aliphatic carbocycles. The summed E-state index contributed by atoms with van der Waals surface area (Å²) >= 11 is 0. The second-order valence-corrected chi connectivity index (χ2v) is 16.8.